The molecule has 0 amide bonds. The Morgan fingerprint density at radius 3 is 2.84 bits per heavy atom. The predicted octanol–water partition coefficient (Wildman–Crippen LogP) is 3.97. The van der Waals surface area contributed by atoms with E-state index in [2.05, 4.69) is 5.10 Å². The fourth-order valence-electron chi connectivity index (χ4n) is 1.50. The summed E-state index contributed by atoms with van der Waals surface area (Å²) in [7, 11) is 1.76. The van der Waals surface area contributed by atoms with Crippen LogP contribution in [0, 0.1) is 0 Å². The second-order valence-electron chi connectivity index (χ2n) is 3.71. The van der Waals surface area contributed by atoms with Gasteiger partial charge in [0.25, 0.3) is 5.76 Å². The van der Waals surface area contributed by atoms with Crippen molar-refractivity contribution in [3.05, 3.63) is 41.0 Å². The Labute approximate surface area is 118 Å². The summed E-state index contributed by atoms with van der Waals surface area (Å²) in [5, 5.41) is 4.45. The lowest BCUT2D eigenvalue weighted by Crippen LogP contribution is -2.00. The van der Waals surface area contributed by atoms with Gasteiger partial charge in [-0.25, -0.2) is 0 Å². The van der Waals surface area contributed by atoms with Crippen LogP contribution in [0.4, 0.5) is 8.78 Å². The molecule has 0 N–H and O–H groups in total. The van der Waals surface area contributed by atoms with Crippen molar-refractivity contribution in [2.45, 2.75) is 17.3 Å². The van der Waals surface area contributed by atoms with Crippen molar-refractivity contribution in [3.63, 3.8) is 0 Å². The summed E-state index contributed by atoms with van der Waals surface area (Å²) < 4.78 is 32.0. The van der Waals surface area contributed by atoms with Crippen LogP contribution < -0.4 is 4.74 Å². The molecule has 0 aliphatic carbocycles. The molecular weight excluding hydrogens is 294 g/mol. The van der Waals surface area contributed by atoms with Gasteiger partial charge in [-0.05, 0) is 12.1 Å². The van der Waals surface area contributed by atoms with Crippen molar-refractivity contribution >= 4 is 23.4 Å². The number of alkyl halides is 2. The highest BCUT2D eigenvalue weighted by molar-refractivity contribution is 7.99. The number of rotatable bonds is 5. The third-order valence-electron chi connectivity index (χ3n) is 2.35. The van der Waals surface area contributed by atoms with Crippen molar-refractivity contribution in [1.29, 1.82) is 0 Å². The van der Waals surface area contributed by atoms with Crippen LogP contribution >= 0.6 is 23.4 Å². The molecule has 0 fully saturated rings. The molecule has 0 bridgehead atoms. The Morgan fingerprint density at radius 1 is 1.42 bits per heavy atom. The van der Waals surface area contributed by atoms with Gasteiger partial charge in [0.05, 0.1) is 0 Å². The maximum atomic E-state index is 12.5. The highest BCUT2D eigenvalue weighted by Gasteiger charge is 2.13. The summed E-state index contributed by atoms with van der Waals surface area (Å²) in [6.45, 7) is 0.103. The molecule has 2 rings (SSSR count). The summed E-state index contributed by atoms with van der Waals surface area (Å²) in [5.41, 5.74) is 0.542. The minimum absolute atomic E-state index is 0.103. The van der Waals surface area contributed by atoms with Gasteiger partial charge in [0.1, 0.15) is 6.61 Å². The van der Waals surface area contributed by atoms with Crippen molar-refractivity contribution in [1.82, 2.24) is 9.78 Å². The van der Waals surface area contributed by atoms with Gasteiger partial charge in [-0.3, -0.25) is 4.68 Å². The van der Waals surface area contributed by atoms with Gasteiger partial charge in [-0.15, -0.1) is 5.10 Å². The zero-order valence-corrected chi connectivity index (χ0v) is 11.6. The van der Waals surface area contributed by atoms with Gasteiger partial charge >= 0.3 is 0 Å². The first-order valence-corrected chi connectivity index (χ1v) is 6.66. The van der Waals surface area contributed by atoms with Crippen molar-refractivity contribution in [2.75, 3.05) is 0 Å². The van der Waals surface area contributed by atoms with E-state index in [4.69, 9.17) is 16.3 Å². The van der Waals surface area contributed by atoms with Crippen LogP contribution in [-0.4, -0.2) is 15.5 Å². The lowest BCUT2D eigenvalue weighted by Gasteiger charge is -2.10. The number of benzene rings is 1. The predicted molar refractivity (Wildman–Crippen MR) is 70.9 cm³/mol. The first-order chi connectivity index (χ1) is 9.06. The van der Waals surface area contributed by atoms with Gasteiger partial charge in [0, 0.05) is 34.8 Å². The molecule has 19 heavy (non-hydrogen) atoms. The highest BCUT2D eigenvalue weighted by Crippen LogP contribution is 2.32. The monoisotopic (exact) mass is 304 g/mol. The summed E-state index contributed by atoms with van der Waals surface area (Å²) >= 11 is 6.48. The smallest absolute Gasteiger partial charge is 0.288 e. The topological polar surface area (TPSA) is 27.1 Å². The van der Waals surface area contributed by atoms with E-state index < -0.39 is 5.76 Å². The number of hydrogen-bond donors (Lipinski definition) is 0. The third-order valence-corrected chi connectivity index (χ3v) is 3.51. The fourth-order valence-corrected chi connectivity index (χ4v) is 2.45. The van der Waals surface area contributed by atoms with E-state index in [0.29, 0.717) is 33.1 Å². The Balaban J connectivity index is 2.14. The fraction of sp³-hybridized carbons (Fsp3) is 0.250. The summed E-state index contributed by atoms with van der Waals surface area (Å²) in [6.07, 6.45) is 1.73. The minimum atomic E-state index is -2.49. The van der Waals surface area contributed by atoms with Crippen LogP contribution in [-0.2, 0) is 13.7 Å². The average molecular weight is 305 g/mol. The molecule has 0 saturated heterocycles. The number of ether oxygens (including phenoxy) is 1. The molecular formula is C12H11ClF2N2OS. The second-order valence-corrected chi connectivity index (χ2v) is 5.15. The van der Waals surface area contributed by atoms with E-state index in [9.17, 15) is 8.78 Å². The Kier molecular flexibility index (Phi) is 4.66. The molecule has 3 nitrogen and oxygen atoms in total. The lowest BCUT2D eigenvalue weighted by molar-refractivity contribution is 0.251. The van der Waals surface area contributed by atoms with Gasteiger partial charge in [0.2, 0.25) is 5.88 Å². The van der Waals surface area contributed by atoms with Crippen molar-refractivity contribution in [2.24, 2.45) is 7.05 Å². The van der Waals surface area contributed by atoms with Crippen LogP contribution in [0.15, 0.2) is 35.4 Å². The zero-order chi connectivity index (χ0) is 13.8. The first kappa shape index (κ1) is 14.1. The molecule has 0 unspecified atom stereocenters. The quantitative estimate of drug-likeness (QED) is 0.782. The van der Waals surface area contributed by atoms with E-state index in [1.54, 1.807) is 42.2 Å². The number of halogens is 3. The van der Waals surface area contributed by atoms with Crippen LogP contribution in [0.3, 0.4) is 0 Å². The summed E-state index contributed by atoms with van der Waals surface area (Å²) in [6, 6.07) is 6.57. The van der Waals surface area contributed by atoms with Crippen molar-refractivity contribution < 1.29 is 13.5 Å². The SMILES string of the molecule is Cn1ccc(OCc2c(Cl)cccc2SC(F)F)n1. The van der Waals surface area contributed by atoms with Crippen LogP contribution in [0.2, 0.25) is 5.02 Å². The largest absolute Gasteiger partial charge is 0.472 e. The van der Waals surface area contributed by atoms with Crippen LogP contribution in [0.1, 0.15) is 5.56 Å². The molecule has 0 aliphatic rings. The Bertz CT molecular complexity index is 562. The minimum Gasteiger partial charge on any atom is -0.472 e. The Morgan fingerprint density at radius 2 is 2.21 bits per heavy atom. The maximum Gasteiger partial charge on any atom is 0.288 e. The molecule has 0 saturated carbocycles. The number of hydrogen-bond acceptors (Lipinski definition) is 3. The van der Waals surface area contributed by atoms with E-state index >= 15 is 0 Å². The van der Waals surface area contributed by atoms with Gasteiger partial charge in [-0.1, -0.05) is 29.4 Å². The average Bonchev–Trinajstić information content (AvgIpc) is 2.73. The molecule has 0 radical (unpaired) electrons. The Hall–Kier alpha value is -1.27. The molecule has 0 atom stereocenters. The van der Waals surface area contributed by atoms with Gasteiger partial charge in [0.15, 0.2) is 0 Å². The number of thioether (sulfide) groups is 1. The van der Waals surface area contributed by atoms with E-state index in [1.807, 2.05) is 0 Å². The van der Waals surface area contributed by atoms with E-state index in [0.717, 1.165) is 0 Å². The van der Waals surface area contributed by atoms with Crippen LogP contribution in [0.25, 0.3) is 0 Å². The third kappa shape index (κ3) is 3.84. The standard InChI is InChI=1S/C12H11ClF2N2OS/c1-17-6-5-11(16-17)18-7-8-9(13)3-2-4-10(8)19-12(14)15/h2-6,12H,7H2,1H3. The number of aromatic nitrogens is 2. The zero-order valence-electron chi connectivity index (χ0n) is 10.0. The van der Waals surface area contributed by atoms with E-state index in [-0.39, 0.29) is 6.61 Å². The number of nitrogens with zero attached hydrogens (tertiary/aromatic N) is 2. The van der Waals surface area contributed by atoms with E-state index in [1.165, 1.54) is 0 Å². The second kappa shape index (κ2) is 6.25. The maximum absolute atomic E-state index is 12.5. The molecule has 1 aromatic heterocycles. The lowest BCUT2D eigenvalue weighted by atomic mass is 10.2. The van der Waals surface area contributed by atoms with Gasteiger partial charge < -0.3 is 4.74 Å². The normalized spacial score (nSPS) is 11.0. The highest BCUT2D eigenvalue weighted by atomic mass is 35.5. The molecule has 7 heteroatoms. The number of aryl methyl sites for hydroxylation is 1. The molecule has 0 spiro atoms. The summed E-state index contributed by atoms with van der Waals surface area (Å²) in [5.74, 6) is -2.07. The molecule has 102 valence electrons. The molecule has 1 aromatic carbocycles. The molecule has 2 aromatic rings. The van der Waals surface area contributed by atoms with Crippen LogP contribution in [0.5, 0.6) is 5.88 Å². The molecule has 0 aliphatic heterocycles. The molecule has 1 heterocycles. The van der Waals surface area contributed by atoms with Gasteiger partial charge in [-0.2, -0.15) is 8.78 Å². The van der Waals surface area contributed by atoms with Crippen molar-refractivity contribution in [3.8, 4) is 5.88 Å². The summed E-state index contributed by atoms with van der Waals surface area (Å²) in [4.78, 5) is 0.415. The first-order valence-electron chi connectivity index (χ1n) is 5.41.